The molecule has 0 bridgehead atoms. The second-order valence-electron chi connectivity index (χ2n) is 1.51. The van der Waals surface area contributed by atoms with Crippen molar-refractivity contribution in [1.29, 1.82) is 0 Å². The summed E-state index contributed by atoms with van der Waals surface area (Å²) in [7, 11) is 0. The normalized spacial score (nSPS) is 16.3. The van der Waals surface area contributed by atoms with Gasteiger partial charge in [-0.2, -0.15) is 0 Å². The Hall–Kier alpha value is -1.09. The fourth-order valence-electron chi connectivity index (χ4n) is 0.446. The van der Waals surface area contributed by atoms with Crippen LogP contribution in [0.1, 0.15) is 0 Å². The van der Waals surface area contributed by atoms with Crippen LogP contribution in [0.4, 0.5) is 0 Å². The highest BCUT2D eigenvalue weighted by Crippen LogP contribution is 1.97. The minimum atomic E-state index is -0.0851. The molecular weight excluding hydrogens is 118 g/mol. The molecule has 3 nitrogen and oxygen atoms in total. The predicted molar refractivity (Wildman–Crippen MR) is 33.9 cm³/mol. The van der Waals surface area contributed by atoms with Crippen LogP contribution in [-0.2, 0) is 4.74 Å². The Bertz CT molecular complexity index is 170. The molecule has 0 aliphatic carbocycles. The minimum absolute atomic E-state index is 0.0851. The lowest BCUT2D eigenvalue weighted by Crippen LogP contribution is -1.85. The lowest BCUT2D eigenvalue weighted by atomic mass is 10.5. The van der Waals surface area contributed by atoms with Crippen molar-refractivity contribution in [2.45, 2.75) is 0 Å². The van der Waals surface area contributed by atoms with Gasteiger partial charge in [-0.3, -0.25) is 4.99 Å². The number of aliphatic imine (C=N–C) groups is 1. The van der Waals surface area contributed by atoms with Crippen LogP contribution in [0.2, 0.25) is 0 Å². The van der Waals surface area contributed by atoms with Crippen molar-refractivity contribution < 1.29 is 9.84 Å². The fourth-order valence-corrected chi connectivity index (χ4v) is 0.446. The molecule has 0 atom stereocenters. The van der Waals surface area contributed by atoms with Gasteiger partial charge in [0, 0.05) is 6.21 Å². The first-order valence-corrected chi connectivity index (χ1v) is 2.58. The summed E-state index contributed by atoms with van der Waals surface area (Å²) in [5, 5.41) is 8.53. The molecule has 0 amide bonds. The molecule has 1 aliphatic heterocycles. The molecule has 1 rings (SSSR count). The van der Waals surface area contributed by atoms with Crippen LogP contribution in [0.15, 0.2) is 29.3 Å². The van der Waals surface area contributed by atoms with Gasteiger partial charge in [0.15, 0.2) is 0 Å². The smallest absolute Gasteiger partial charge is 0.114 e. The van der Waals surface area contributed by atoms with Gasteiger partial charge in [-0.25, -0.2) is 0 Å². The molecule has 3 heteroatoms. The first-order valence-electron chi connectivity index (χ1n) is 2.58. The quantitative estimate of drug-likeness (QED) is 0.552. The van der Waals surface area contributed by atoms with Gasteiger partial charge in [0.25, 0.3) is 0 Å². The lowest BCUT2D eigenvalue weighted by Gasteiger charge is -1.90. The number of ether oxygens (including phenoxy) is 1. The average Bonchev–Trinajstić information content (AvgIpc) is 2.13. The summed E-state index contributed by atoms with van der Waals surface area (Å²) in [4.78, 5) is 3.82. The van der Waals surface area contributed by atoms with Crippen molar-refractivity contribution in [2.75, 3.05) is 6.61 Å². The third-order valence-corrected chi connectivity index (χ3v) is 0.850. The van der Waals surface area contributed by atoms with Crippen molar-refractivity contribution in [3.63, 3.8) is 0 Å². The predicted octanol–water partition coefficient (Wildman–Crippen LogP) is 0.435. The van der Waals surface area contributed by atoms with E-state index in [2.05, 4.69) is 4.99 Å². The van der Waals surface area contributed by atoms with Gasteiger partial charge in [-0.15, -0.1) is 0 Å². The Morgan fingerprint density at radius 1 is 1.67 bits per heavy atom. The number of aliphatic hydroxyl groups excluding tert-OH is 1. The Kier molecular flexibility index (Phi) is 2.04. The number of hydrogen-bond acceptors (Lipinski definition) is 3. The zero-order chi connectivity index (χ0) is 6.53. The van der Waals surface area contributed by atoms with Crippen molar-refractivity contribution >= 4 is 6.21 Å². The Morgan fingerprint density at radius 3 is 3.33 bits per heavy atom. The highest BCUT2D eigenvalue weighted by molar-refractivity contribution is 5.72. The molecule has 0 saturated carbocycles. The molecule has 0 fully saturated rings. The molecule has 48 valence electrons. The monoisotopic (exact) mass is 125 g/mol. The van der Waals surface area contributed by atoms with E-state index in [1.54, 1.807) is 12.3 Å². The second kappa shape index (κ2) is 3.04. The third kappa shape index (κ3) is 1.70. The highest BCUT2D eigenvalue weighted by atomic mass is 16.5. The second-order valence-corrected chi connectivity index (χ2v) is 1.51. The van der Waals surface area contributed by atoms with Crippen molar-refractivity contribution in [3.8, 4) is 0 Å². The van der Waals surface area contributed by atoms with Crippen molar-refractivity contribution in [2.24, 2.45) is 4.99 Å². The van der Waals surface area contributed by atoms with E-state index in [9.17, 15) is 0 Å². The van der Waals surface area contributed by atoms with Gasteiger partial charge >= 0.3 is 0 Å². The minimum Gasteiger partial charge on any atom is -0.471 e. The molecule has 1 heterocycles. The topological polar surface area (TPSA) is 41.8 Å². The standard InChI is InChI=1S/C6H7NO2/c8-4-6-5-9-3-1-2-7-6/h1-3,5,8H,4H2. The first kappa shape index (κ1) is 6.04. The molecule has 0 aromatic rings. The number of nitrogens with zero attached hydrogens (tertiary/aromatic N) is 1. The van der Waals surface area contributed by atoms with Crippen LogP contribution >= 0.6 is 0 Å². The molecular formula is C6H7NO2. The summed E-state index contributed by atoms with van der Waals surface area (Å²) in [5.41, 5.74) is 0.528. The van der Waals surface area contributed by atoms with E-state index in [-0.39, 0.29) is 6.61 Å². The number of hydrogen-bond donors (Lipinski definition) is 1. The van der Waals surface area contributed by atoms with E-state index in [0.717, 1.165) is 0 Å². The zero-order valence-electron chi connectivity index (χ0n) is 4.82. The van der Waals surface area contributed by atoms with Gasteiger partial charge in [0.1, 0.15) is 12.0 Å². The molecule has 0 aromatic carbocycles. The van der Waals surface area contributed by atoms with Crippen LogP contribution in [0.25, 0.3) is 0 Å². The molecule has 0 spiro atoms. The summed E-state index contributed by atoms with van der Waals surface area (Å²) in [6, 6.07) is 0. The zero-order valence-corrected chi connectivity index (χ0v) is 4.82. The lowest BCUT2D eigenvalue weighted by molar-refractivity contribution is 0.318. The van der Waals surface area contributed by atoms with Crippen molar-refractivity contribution in [1.82, 2.24) is 0 Å². The Balaban J connectivity index is 2.63. The van der Waals surface area contributed by atoms with Crippen LogP contribution in [0.3, 0.4) is 0 Å². The molecule has 1 N–H and O–H groups in total. The number of aliphatic hydroxyl groups is 1. The molecule has 0 radical (unpaired) electrons. The van der Waals surface area contributed by atoms with Gasteiger partial charge in [0.05, 0.1) is 12.9 Å². The summed E-state index contributed by atoms with van der Waals surface area (Å²) >= 11 is 0. The maximum Gasteiger partial charge on any atom is 0.114 e. The third-order valence-electron chi connectivity index (χ3n) is 0.850. The molecule has 0 unspecified atom stereocenters. The largest absolute Gasteiger partial charge is 0.471 e. The summed E-state index contributed by atoms with van der Waals surface area (Å²) in [6.45, 7) is -0.0851. The number of allylic oxidation sites excluding steroid dienone is 1. The van der Waals surface area contributed by atoms with Gasteiger partial charge < -0.3 is 9.84 Å². The summed E-state index contributed by atoms with van der Waals surface area (Å²) < 4.78 is 4.77. The maximum atomic E-state index is 8.53. The maximum absolute atomic E-state index is 8.53. The highest BCUT2D eigenvalue weighted by Gasteiger charge is 1.90. The fraction of sp³-hybridized carbons (Fsp3) is 0.167. The number of rotatable bonds is 1. The van der Waals surface area contributed by atoms with E-state index >= 15 is 0 Å². The van der Waals surface area contributed by atoms with E-state index < -0.39 is 0 Å². The van der Waals surface area contributed by atoms with Gasteiger partial charge in [0.2, 0.25) is 0 Å². The van der Waals surface area contributed by atoms with Gasteiger partial charge in [-0.1, -0.05) is 0 Å². The van der Waals surface area contributed by atoms with Crippen LogP contribution < -0.4 is 0 Å². The molecule has 0 saturated heterocycles. The molecule has 1 aliphatic rings. The van der Waals surface area contributed by atoms with Crippen LogP contribution in [-0.4, -0.2) is 17.9 Å². The van der Waals surface area contributed by atoms with Crippen LogP contribution in [0, 0.1) is 0 Å². The Morgan fingerprint density at radius 2 is 2.56 bits per heavy atom. The Labute approximate surface area is 53.0 Å². The van der Waals surface area contributed by atoms with Crippen LogP contribution in [0.5, 0.6) is 0 Å². The van der Waals surface area contributed by atoms with Gasteiger partial charge in [-0.05, 0) is 6.08 Å². The van der Waals surface area contributed by atoms with E-state index in [1.165, 1.54) is 12.5 Å². The SMILES string of the molecule is OCC1=COC=CC=N1. The van der Waals surface area contributed by atoms with Crippen molar-refractivity contribution in [3.05, 3.63) is 24.3 Å². The molecule has 0 aromatic heterocycles. The first-order chi connectivity index (χ1) is 4.43. The molecule has 9 heavy (non-hydrogen) atoms. The average molecular weight is 125 g/mol. The summed E-state index contributed by atoms with van der Waals surface area (Å²) in [6.07, 6.45) is 6.11. The van der Waals surface area contributed by atoms with E-state index in [4.69, 9.17) is 9.84 Å². The summed E-state index contributed by atoms with van der Waals surface area (Å²) in [5.74, 6) is 0. The van der Waals surface area contributed by atoms with E-state index in [0.29, 0.717) is 5.70 Å². The van der Waals surface area contributed by atoms with E-state index in [1.807, 2.05) is 0 Å².